The van der Waals surface area contributed by atoms with E-state index < -0.39 is 6.16 Å². The summed E-state index contributed by atoms with van der Waals surface area (Å²) in [5.74, 6) is 0. The van der Waals surface area contributed by atoms with E-state index in [9.17, 15) is 0 Å². The fraction of sp³-hybridized carbons (Fsp3) is 0.960. The Morgan fingerprint density at radius 1 is 0.483 bits per heavy atom. The van der Waals surface area contributed by atoms with Gasteiger partial charge in [-0.25, -0.2) is 4.79 Å². The van der Waals surface area contributed by atoms with E-state index in [0.29, 0.717) is 0 Å². The van der Waals surface area contributed by atoms with Gasteiger partial charge in [-0.05, 0) is 12.8 Å². The van der Waals surface area contributed by atoms with Crippen LogP contribution in [-0.2, 0) is 4.74 Å². The van der Waals surface area contributed by atoms with E-state index >= 15 is 0 Å². The number of hydrogen-bond acceptors (Lipinski definition) is 2. The maximum absolute atomic E-state index is 8.56. The highest BCUT2D eigenvalue weighted by atomic mass is 16.6. The summed E-state index contributed by atoms with van der Waals surface area (Å²) in [5, 5.41) is 13.9. The molecule has 0 aliphatic rings. The van der Waals surface area contributed by atoms with Crippen molar-refractivity contribution >= 4 is 6.16 Å². The molecule has 0 fully saturated rings. The summed E-state index contributed by atoms with van der Waals surface area (Å²) in [6.45, 7) is 6.57. The Kier molecular flexibility index (Phi) is 30.9. The van der Waals surface area contributed by atoms with Crippen LogP contribution in [0.3, 0.4) is 0 Å². The molecule has 0 saturated carbocycles. The molecule has 4 heteroatoms. The Morgan fingerprint density at radius 2 is 0.690 bits per heavy atom. The third-order valence-corrected chi connectivity index (χ3v) is 5.28. The second-order valence-corrected chi connectivity index (χ2v) is 8.26. The monoisotopic (exact) mass is 416 g/mol. The molecule has 0 saturated heterocycles. The average molecular weight is 417 g/mol. The van der Waals surface area contributed by atoms with Gasteiger partial charge in [-0.2, -0.15) is 0 Å². The maximum atomic E-state index is 8.56. The van der Waals surface area contributed by atoms with Crippen LogP contribution in [0.2, 0.25) is 0 Å². The molecule has 4 nitrogen and oxygen atoms in total. The van der Waals surface area contributed by atoms with Crippen LogP contribution in [0.4, 0.5) is 4.79 Å². The van der Waals surface area contributed by atoms with E-state index in [1.54, 1.807) is 0 Å². The Morgan fingerprint density at radius 3 is 0.931 bits per heavy atom. The van der Waals surface area contributed by atoms with Crippen molar-refractivity contribution < 1.29 is 19.7 Å². The van der Waals surface area contributed by atoms with Crippen molar-refractivity contribution in [2.45, 2.75) is 142 Å². The Hall–Kier alpha value is -0.770. The van der Waals surface area contributed by atoms with Gasteiger partial charge in [-0.3, -0.25) is 0 Å². The lowest BCUT2D eigenvalue weighted by molar-refractivity contribution is 0.125. The van der Waals surface area contributed by atoms with Crippen LogP contribution < -0.4 is 0 Å². The van der Waals surface area contributed by atoms with Gasteiger partial charge in [0.2, 0.25) is 0 Å². The van der Waals surface area contributed by atoms with E-state index in [-0.39, 0.29) is 0 Å². The summed E-state index contributed by atoms with van der Waals surface area (Å²) in [7, 11) is 0. The van der Waals surface area contributed by atoms with Gasteiger partial charge in [0.05, 0.1) is 0 Å². The third-order valence-electron chi connectivity index (χ3n) is 5.28. The molecule has 0 aromatic rings. The van der Waals surface area contributed by atoms with Gasteiger partial charge < -0.3 is 14.9 Å². The van der Waals surface area contributed by atoms with Crippen LogP contribution in [0.5, 0.6) is 0 Å². The molecular formula is C25H52O4. The molecule has 0 atom stereocenters. The fourth-order valence-corrected chi connectivity index (χ4v) is 3.49. The molecular weight excluding hydrogens is 364 g/mol. The van der Waals surface area contributed by atoms with Crippen molar-refractivity contribution in [3.63, 3.8) is 0 Å². The topological polar surface area (TPSA) is 66.8 Å². The number of rotatable bonds is 22. The largest absolute Gasteiger partial charge is 0.503 e. The van der Waals surface area contributed by atoms with Crippen molar-refractivity contribution in [2.24, 2.45) is 0 Å². The summed E-state index contributed by atoms with van der Waals surface area (Å²) < 4.78 is 5.78. The van der Waals surface area contributed by atoms with Crippen molar-refractivity contribution in [1.29, 1.82) is 0 Å². The first-order valence-corrected chi connectivity index (χ1v) is 12.6. The molecule has 0 rings (SSSR count). The van der Waals surface area contributed by atoms with E-state index in [1.807, 2.05) is 0 Å². The minimum atomic E-state index is -1.83. The van der Waals surface area contributed by atoms with Crippen molar-refractivity contribution in [3.05, 3.63) is 0 Å². The molecule has 176 valence electrons. The fourth-order valence-electron chi connectivity index (χ4n) is 3.49. The van der Waals surface area contributed by atoms with Crippen LogP contribution in [0.25, 0.3) is 0 Å². The first-order chi connectivity index (χ1) is 14.1. The van der Waals surface area contributed by atoms with E-state index in [4.69, 9.17) is 19.7 Å². The zero-order chi connectivity index (χ0) is 21.8. The van der Waals surface area contributed by atoms with E-state index in [0.717, 1.165) is 13.2 Å². The summed E-state index contributed by atoms with van der Waals surface area (Å²) in [4.78, 5) is 8.56. The van der Waals surface area contributed by atoms with E-state index in [1.165, 1.54) is 128 Å². The van der Waals surface area contributed by atoms with Gasteiger partial charge >= 0.3 is 6.16 Å². The highest BCUT2D eigenvalue weighted by molar-refractivity contribution is 5.53. The second-order valence-electron chi connectivity index (χ2n) is 8.26. The summed E-state index contributed by atoms with van der Waals surface area (Å²) in [6, 6.07) is 0. The number of ether oxygens (including phenoxy) is 1. The number of carboxylic acid groups (broad SMARTS) is 2. The quantitative estimate of drug-likeness (QED) is 0.173. The molecule has 0 bridgehead atoms. The molecule has 0 unspecified atom stereocenters. The lowest BCUT2D eigenvalue weighted by atomic mass is 10.1. The maximum Gasteiger partial charge on any atom is 0.503 e. The molecule has 0 aliphatic heterocycles. The predicted octanol–water partition coefficient (Wildman–Crippen LogP) is 9.07. The minimum absolute atomic E-state index is 0.994. The number of hydrogen-bond donors (Lipinski definition) is 2. The molecule has 0 radical (unpaired) electrons. The summed E-state index contributed by atoms with van der Waals surface area (Å²) >= 11 is 0. The first-order valence-electron chi connectivity index (χ1n) is 12.6. The predicted molar refractivity (Wildman–Crippen MR) is 125 cm³/mol. The molecule has 0 aromatic heterocycles. The van der Waals surface area contributed by atoms with Gasteiger partial charge in [0.25, 0.3) is 0 Å². The molecule has 0 amide bonds. The smallest absolute Gasteiger partial charge is 0.450 e. The molecule has 2 N–H and O–H groups in total. The lowest BCUT2D eigenvalue weighted by Gasteiger charge is -2.05. The van der Waals surface area contributed by atoms with Gasteiger partial charge in [0, 0.05) is 13.2 Å². The molecule has 0 aliphatic carbocycles. The molecule has 0 spiro atoms. The van der Waals surface area contributed by atoms with Crippen LogP contribution >= 0.6 is 0 Å². The summed E-state index contributed by atoms with van der Waals surface area (Å²) in [6.07, 6.45) is 26.3. The van der Waals surface area contributed by atoms with Gasteiger partial charge in [0.15, 0.2) is 0 Å². The van der Waals surface area contributed by atoms with Gasteiger partial charge in [-0.15, -0.1) is 0 Å². The van der Waals surface area contributed by atoms with Gasteiger partial charge in [-0.1, -0.05) is 129 Å². The van der Waals surface area contributed by atoms with E-state index in [2.05, 4.69) is 13.8 Å². The highest BCUT2D eigenvalue weighted by Gasteiger charge is 1.95. The average Bonchev–Trinajstić information content (AvgIpc) is 2.69. The zero-order valence-corrected chi connectivity index (χ0v) is 19.8. The first kappa shape index (κ1) is 30.4. The SMILES string of the molecule is CCCCCCCCCCCCOCCCCCCCCCCCC.O=C(O)O. The normalized spacial score (nSPS) is 10.6. The molecule has 0 heterocycles. The Bertz CT molecular complexity index is 269. The summed E-state index contributed by atoms with van der Waals surface area (Å²) in [5.41, 5.74) is 0. The number of carbonyl (C=O) groups is 1. The van der Waals surface area contributed by atoms with Crippen LogP contribution in [-0.4, -0.2) is 29.6 Å². The van der Waals surface area contributed by atoms with Crippen LogP contribution in [0.1, 0.15) is 142 Å². The number of unbranched alkanes of at least 4 members (excludes halogenated alkanes) is 18. The minimum Gasteiger partial charge on any atom is -0.450 e. The van der Waals surface area contributed by atoms with Crippen molar-refractivity contribution in [2.75, 3.05) is 13.2 Å². The van der Waals surface area contributed by atoms with Gasteiger partial charge in [0.1, 0.15) is 0 Å². The Labute approximate surface area is 181 Å². The lowest BCUT2D eigenvalue weighted by Crippen LogP contribution is -1.97. The van der Waals surface area contributed by atoms with Crippen LogP contribution in [0, 0.1) is 0 Å². The zero-order valence-electron chi connectivity index (χ0n) is 19.8. The van der Waals surface area contributed by atoms with Crippen LogP contribution in [0.15, 0.2) is 0 Å². The molecule has 0 aromatic carbocycles. The Balaban J connectivity index is 0. The van der Waals surface area contributed by atoms with Crippen molar-refractivity contribution in [1.82, 2.24) is 0 Å². The highest BCUT2D eigenvalue weighted by Crippen LogP contribution is 2.12. The third kappa shape index (κ3) is 38.5. The molecule has 29 heavy (non-hydrogen) atoms. The van der Waals surface area contributed by atoms with Crippen molar-refractivity contribution in [3.8, 4) is 0 Å². The second kappa shape index (κ2) is 29.4. The standard InChI is InChI=1S/C24H50O.CH2O3/c1-3-5-7-9-11-13-15-17-19-21-23-25-24-22-20-18-16-14-12-10-8-6-4-2;2-1(3)4/h3-24H2,1-2H3;(H2,2,3,4).